The highest BCUT2D eigenvalue weighted by Crippen LogP contribution is 2.25. The predicted octanol–water partition coefficient (Wildman–Crippen LogP) is 2.82. The van der Waals surface area contributed by atoms with E-state index in [0.717, 1.165) is 22.7 Å². The molecule has 1 aromatic rings. The van der Waals surface area contributed by atoms with Gasteiger partial charge in [-0.1, -0.05) is 0 Å². The van der Waals surface area contributed by atoms with Crippen LogP contribution in [0.25, 0.3) is 0 Å². The van der Waals surface area contributed by atoms with Gasteiger partial charge in [-0.15, -0.1) is 16.9 Å². The van der Waals surface area contributed by atoms with E-state index >= 15 is 0 Å². The first-order valence-electron chi connectivity index (χ1n) is 5.74. The van der Waals surface area contributed by atoms with Crippen LogP contribution in [0.15, 0.2) is 18.2 Å². The van der Waals surface area contributed by atoms with Gasteiger partial charge in [0.2, 0.25) is 0 Å². The van der Waals surface area contributed by atoms with Crippen molar-refractivity contribution in [2.75, 3.05) is 0 Å². The Balaban J connectivity index is 0.00000441. The maximum absolute atomic E-state index is 12.0. The highest BCUT2D eigenvalue weighted by Gasteiger charge is 2.27. The molecule has 1 N–H and O–H groups in total. The number of hydrogen-bond acceptors (Lipinski definition) is 6. The molecule has 1 aromatic carbocycles. The molecule has 9 nitrogen and oxygen atoms in total. The van der Waals surface area contributed by atoms with Gasteiger partial charge >= 0.3 is 0 Å². The minimum Gasteiger partial charge on any atom is -0.270 e. The number of non-ortho nitro benzene ring substituents is 1. The molecule has 0 aliphatic rings. The van der Waals surface area contributed by atoms with E-state index in [2.05, 4.69) is 5.43 Å². The molecule has 0 bridgehead atoms. The third kappa shape index (κ3) is 4.79. The first-order chi connectivity index (χ1) is 9.54. The van der Waals surface area contributed by atoms with E-state index in [1.54, 1.807) is 20.8 Å². The molecule has 122 valence electrons. The molecule has 0 aromatic heterocycles. The number of nitro benzene ring substituents is 2. The summed E-state index contributed by atoms with van der Waals surface area (Å²) < 4.78 is 0.973. The summed E-state index contributed by atoms with van der Waals surface area (Å²) in [6.07, 6.45) is 0. The third-order valence-electron chi connectivity index (χ3n) is 2.42. The fourth-order valence-electron chi connectivity index (χ4n) is 1.29. The number of amides is 1. The molecule has 1 rings (SSSR count). The van der Waals surface area contributed by atoms with E-state index in [-0.39, 0.29) is 18.0 Å². The zero-order chi connectivity index (χ0) is 16.4. The minimum absolute atomic E-state index is 0. The zero-order valence-electron chi connectivity index (χ0n) is 11.9. The van der Waals surface area contributed by atoms with E-state index in [4.69, 9.17) is 11.8 Å². The normalized spacial score (nSPS) is 10.8. The molecule has 0 aliphatic heterocycles. The van der Waals surface area contributed by atoms with Gasteiger partial charge < -0.3 is 0 Å². The van der Waals surface area contributed by atoms with Crippen LogP contribution >= 0.6 is 24.2 Å². The van der Waals surface area contributed by atoms with Crippen LogP contribution in [0.3, 0.4) is 0 Å². The standard InChI is InChI=1S/C11H13ClN4O5.ClH/c1-11(2,3)16(12)13-10(17)8-5-4-7(14(18)19)6-9(8)15(20)21;/h4-6H,1-3H3,(H,13,17);1H. The number of hydrogen-bond donors (Lipinski definition) is 1. The summed E-state index contributed by atoms with van der Waals surface area (Å²) in [7, 11) is 0. The van der Waals surface area contributed by atoms with Crippen molar-refractivity contribution in [1.29, 1.82) is 0 Å². The van der Waals surface area contributed by atoms with Gasteiger partial charge in [0.15, 0.2) is 0 Å². The summed E-state index contributed by atoms with van der Waals surface area (Å²) >= 11 is 5.84. The molecular formula is C11H14Cl2N4O5. The fourth-order valence-corrected chi connectivity index (χ4v) is 1.37. The van der Waals surface area contributed by atoms with Crippen LogP contribution in [-0.4, -0.2) is 25.8 Å². The maximum atomic E-state index is 12.0. The lowest BCUT2D eigenvalue weighted by Crippen LogP contribution is -2.46. The van der Waals surface area contributed by atoms with E-state index in [0.29, 0.717) is 0 Å². The molecule has 1 amide bonds. The van der Waals surface area contributed by atoms with Crippen molar-refractivity contribution in [3.8, 4) is 0 Å². The second-order valence-corrected chi connectivity index (χ2v) is 5.45. The molecule has 0 unspecified atom stereocenters. The first-order valence-corrected chi connectivity index (χ1v) is 6.07. The highest BCUT2D eigenvalue weighted by molar-refractivity contribution is 6.15. The Labute approximate surface area is 137 Å². The smallest absolute Gasteiger partial charge is 0.270 e. The van der Waals surface area contributed by atoms with Crippen molar-refractivity contribution in [3.63, 3.8) is 0 Å². The molecule has 0 saturated carbocycles. The number of hydrazine groups is 1. The van der Waals surface area contributed by atoms with Crippen molar-refractivity contribution < 1.29 is 14.6 Å². The summed E-state index contributed by atoms with van der Waals surface area (Å²) in [4.78, 5) is 31.9. The quantitative estimate of drug-likeness (QED) is 0.505. The lowest BCUT2D eigenvalue weighted by molar-refractivity contribution is -0.394. The van der Waals surface area contributed by atoms with Crippen LogP contribution in [0.5, 0.6) is 0 Å². The molecular weight excluding hydrogens is 339 g/mol. The largest absolute Gasteiger partial charge is 0.289 e. The van der Waals surface area contributed by atoms with E-state index < -0.39 is 32.7 Å². The molecule has 22 heavy (non-hydrogen) atoms. The van der Waals surface area contributed by atoms with Crippen LogP contribution in [0.4, 0.5) is 11.4 Å². The number of rotatable bonds is 4. The molecule has 0 radical (unpaired) electrons. The van der Waals surface area contributed by atoms with E-state index in [9.17, 15) is 25.0 Å². The van der Waals surface area contributed by atoms with Gasteiger partial charge in [0.25, 0.3) is 17.3 Å². The van der Waals surface area contributed by atoms with Crippen LogP contribution < -0.4 is 5.43 Å². The van der Waals surface area contributed by atoms with Crippen LogP contribution in [0, 0.1) is 20.2 Å². The van der Waals surface area contributed by atoms with Gasteiger partial charge in [0.1, 0.15) is 5.56 Å². The van der Waals surface area contributed by atoms with Crippen molar-refractivity contribution >= 4 is 41.5 Å². The van der Waals surface area contributed by atoms with Gasteiger partial charge in [-0.05, 0) is 26.8 Å². The lowest BCUT2D eigenvalue weighted by Gasteiger charge is -2.28. The molecule has 0 fully saturated rings. The predicted molar refractivity (Wildman–Crippen MR) is 81.9 cm³/mol. The average molecular weight is 353 g/mol. The molecule has 0 spiro atoms. The molecule has 0 aliphatic carbocycles. The van der Waals surface area contributed by atoms with Crippen LogP contribution in [0.2, 0.25) is 0 Å². The van der Waals surface area contributed by atoms with Crippen molar-refractivity contribution in [1.82, 2.24) is 9.95 Å². The monoisotopic (exact) mass is 352 g/mol. The number of nitrogens with zero attached hydrogens (tertiary/aromatic N) is 3. The van der Waals surface area contributed by atoms with Gasteiger partial charge in [0.05, 0.1) is 15.9 Å². The Morgan fingerprint density at radius 1 is 1.23 bits per heavy atom. The Morgan fingerprint density at radius 2 is 1.77 bits per heavy atom. The van der Waals surface area contributed by atoms with Crippen LogP contribution in [0.1, 0.15) is 31.1 Å². The average Bonchev–Trinajstić information content (AvgIpc) is 2.36. The van der Waals surface area contributed by atoms with E-state index in [1.165, 1.54) is 0 Å². The summed E-state index contributed by atoms with van der Waals surface area (Å²) in [6.45, 7) is 5.14. The number of carbonyl (C=O) groups is 1. The zero-order valence-corrected chi connectivity index (χ0v) is 13.5. The number of benzene rings is 1. The van der Waals surface area contributed by atoms with Gasteiger partial charge in [-0.2, -0.15) is 0 Å². The second-order valence-electron chi connectivity index (χ2n) is 5.11. The molecule has 0 saturated heterocycles. The third-order valence-corrected chi connectivity index (χ3v) is 3.01. The number of nitrogens with one attached hydrogen (secondary N) is 1. The number of carbonyl (C=O) groups excluding carboxylic acids is 1. The van der Waals surface area contributed by atoms with Gasteiger partial charge in [0, 0.05) is 23.4 Å². The summed E-state index contributed by atoms with van der Waals surface area (Å²) in [5, 5.41) is 21.6. The SMILES string of the molecule is CC(C)(C)N(Cl)NC(=O)c1ccc([N+](=O)[O-])cc1[N+](=O)[O-].Cl. The summed E-state index contributed by atoms with van der Waals surface area (Å²) in [6, 6.07) is 2.75. The number of halogens is 2. The van der Waals surface area contributed by atoms with Crippen molar-refractivity contribution in [2.24, 2.45) is 0 Å². The molecule has 0 heterocycles. The Hall–Kier alpha value is -1.97. The van der Waals surface area contributed by atoms with Gasteiger partial charge in [-0.25, -0.2) is 0 Å². The number of nitro groups is 2. The van der Waals surface area contributed by atoms with E-state index in [1.807, 2.05) is 0 Å². The minimum atomic E-state index is -0.864. The Kier molecular flexibility index (Phi) is 6.68. The van der Waals surface area contributed by atoms with Crippen molar-refractivity contribution in [2.45, 2.75) is 26.3 Å². The summed E-state index contributed by atoms with van der Waals surface area (Å²) in [5.41, 5.74) is 0.187. The summed E-state index contributed by atoms with van der Waals surface area (Å²) in [5.74, 6) is -0.832. The molecule has 11 heteroatoms. The lowest BCUT2D eigenvalue weighted by atomic mass is 10.1. The first kappa shape index (κ1) is 20.0. The Morgan fingerprint density at radius 3 is 2.18 bits per heavy atom. The van der Waals surface area contributed by atoms with Crippen molar-refractivity contribution in [3.05, 3.63) is 44.0 Å². The topological polar surface area (TPSA) is 119 Å². The van der Waals surface area contributed by atoms with Gasteiger partial charge in [-0.3, -0.25) is 30.4 Å². The molecule has 0 atom stereocenters. The second kappa shape index (κ2) is 7.34. The maximum Gasteiger partial charge on any atom is 0.289 e. The fraction of sp³-hybridized carbons (Fsp3) is 0.364. The Bertz CT molecular complexity index is 603. The van der Waals surface area contributed by atoms with Crippen LogP contribution in [-0.2, 0) is 0 Å². The highest BCUT2D eigenvalue weighted by atomic mass is 35.5.